The molecule has 1 nitrogen and oxygen atoms in total. The normalized spacial score (nSPS) is 11.3. The monoisotopic (exact) mass is 651 g/mol. The predicted molar refractivity (Wildman–Crippen MR) is 219 cm³/mol. The van der Waals surface area contributed by atoms with E-state index in [1.807, 2.05) is 0 Å². The van der Waals surface area contributed by atoms with Crippen LogP contribution in [0.25, 0.3) is 65.7 Å². The molecule has 0 amide bonds. The summed E-state index contributed by atoms with van der Waals surface area (Å²) in [5.74, 6) is 0. The van der Waals surface area contributed by atoms with Crippen molar-refractivity contribution in [1.29, 1.82) is 0 Å². The van der Waals surface area contributed by atoms with Crippen molar-refractivity contribution >= 4 is 49.4 Å². The van der Waals surface area contributed by atoms with Gasteiger partial charge in [0.1, 0.15) is 0 Å². The van der Waals surface area contributed by atoms with Gasteiger partial charge in [-0.15, -0.1) is 0 Å². The molecular formula is C50H37N. The summed E-state index contributed by atoms with van der Waals surface area (Å²) in [5.41, 5.74) is 13.3. The van der Waals surface area contributed by atoms with E-state index in [2.05, 4.69) is 207 Å². The van der Waals surface area contributed by atoms with Gasteiger partial charge in [-0.2, -0.15) is 0 Å². The minimum Gasteiger partial charge on any atom is -0.310 e. The molecule has 0 spiro atoms. The van der Waals surface area contributed by atoms with E-state index in [9.17, 15) is 0 Å². The zero-order chi connectivity index (χ0) is 34.3. The van der Waals surface area contributed by atoms with Crippen LogP contribution in [0.4, 0.5) is 17.1 Å². The van der Waals surface area contributed by atoms with Crippen molar-refractivity contribution in [3.05, 3.63) is 199 Å². The summed E-state index contributed by atoms with van der Waals surface area (Å²) in [6.45, 7) is 4.31. The van der Waals surface area contributed by atoms with Crippen LogP contribution in [0.5, 0.6) is 0 Å². The topological polar surface area (TPSA) is 3.24 Å². The van der Waals surface area contributed by atoms with E-state index in [0.717, 1.165) is 17.1 Å². The number of anilines is 3. The highest BCUT2D eigenvalue weighted by Gasteiger charge is 2.16. The Labute approximate surface area is 299 Å². The molecule has 9 rings (SSSR count). The van der Waals surface area contributed by atoms with Gasteiger partial charge in [-0.1, -0.05) is 133 Å². The average molecular weight is 652 g/mol. The molecule has 0 heterocycles. The van der Waals surface area contributed by atoms with Crippen LogP contribution in [0.2, 0.25) is 0 Å². The fourth-order valence-electron chi connectivity index (χ4n) is 7.68. The van der Waals surface area contributed by atoms with Gasteiger partial charge >= 0.3 is 0 Å². The zero-order valence-corrected chi connectivity index (χ0v) is 28.8. The Balaban J connectivity index is 1.15. The van der Waals surface area contributed by atoms with Crippen molar-refractivity contribution in [2.75, 3.05) is 4.90 Å². The number of nitrogens with zero attached hydrogens (tertiary/aromatic N) is 1. The van der Waals surface area contributed by atoms with Crippen LogP contribution < -0.4 is 4.90 Å². The summed E-state index contributed by atoms with van der Waals surface area (Å²) in [5, 5.41) is 7.52. The molecule has 0 aliphatic rings. The van der Waals surface area contributed by atoms with Crippen molar-refractivity contribution in [2.45, 2.75) is 13.8 Å². The van der Waals surface area contributed by atoms with E-state index < -0.39 is 0 Å². The van der Waals surface area contributed by atoms with Crippen LogP contribution in [-0.4, -0.2) is 0 Å². The lowest BCUT2D eigenvalue weighted by Crippen LogP contribution is -2.10. The number of rotatable bonds is 6. The maximum atomic E-state index is 2.38. The third kappa shape index (κ3) is 5.73. The molecule has 0 fully saturated rings. The molecule has 9 aromatic rings. The minimum atomic E-state index is 1.13. The van der Waals surface area contributed by atoms with Crippen LogP contribution >= 0.6 is 0 Å². The molecule has 0 aromatic heterocycles. The molecule has 0 radical (unpaired) electrons. The summed E-state index contributed by atoms with van der Waals surface area (Å²) in [7, 11) is 0. The molecule has 0 bridgehead atoms. The molecule has 51 heavy (non-hydrogen) atoms. The second-order valence-corrected chi connectivity index (χ2v) is 13.6. The van der Waals surface area contributed by atoms with E-state index in [1.54, 1.807) is 0 Å². The van der Waals surface area contributed by atoms with Crippen molar-refractivity contribution in [3.63, 3.8) is 0 Å². The first-order valence-electron chi connectivity index (χ1n) is 17.7. The second-order valence-electron chi connectivity index (χ2n) is 13.6. The first-order chi connectivity index (χ1) is 25.1. The Morgan fingerprint density at radius 3 is 1.27 bits per heavy atom. The highest BCUT2D eigenvalue weighted by atomic mass is 15.1. The molecule has 0 aliphatic carbocycles. The standard InChI is InChI=1S/C50H37N/c1-34-12-5-21-42(28-34)51(43-22-6-13-35(2)29-43)44-23-8-18-39(31-44)48-27-11-20-41-32-49-40(33-50(41)48)19-10-26-47(49)38-17-7-16-37(30-38)46-25-9-15-36-14-3-4-24-45(36)46/h3-33H,1-2H3. The highest BCUT2D eigenvalue weighted by Crippen LogP contribution is 2.41. The van der Waals surface area contributed by atoms with Crippen LogP contribution in [-0.2, 0) is 0 Å². The maximum absolute atomic E-state index is 2.38. The first kappa shape index (κ1) is 30.6. The van der Waals surface area contributed by atoms with E-state index in [1.165, 1.54) is 76.8 Å². The van der Waals surface area contributed by atoms with Gasteiger partial charge in [-0.3, -0.25) is 0 Å². The lowest BCUT2D eigenvalue weighted by Gasteiger charge is -2.26. The Kier molecular flexibility index (Phi) is 7.67. The van der Waals surface area contributed by atoms with Crippen molar-refractivity contribution < 1.29 is 0 Å². The predicted octanol–water partition coefficient (Wildman–Crippen LogP) is 14.2. The van der Waals surface area contributed by atoms with Crippen LogP contribution in [0.3, 0.4) is 0 Å². The smallest absolute Gasteiger partial charge is 0.0467 e. The quantitative estimate of drug-likeness (QED) is 0.162. The van der Waals surface area contributed by atoms with Gasteiger partial charge in [0.2, 0.25) is 0 Å². The van der Waals surface area contributed by atoms with Gasteiger partial charge in [0.15, 0.2) is 0 Å². The third-order valence-corrected chi connectivity index (χ3v) is 10.1. The van der Waals surface area contributed by atoms with Crippen LogP contribution in [0.1, 0.15) is 11.1 Å². The highest BCUT2D eigenvalue weighted by molar-refractivity contribution is 6.09. The Hall–Kier alpha value is -6.44. The van der Waals surface area contributed by atoms with Gasteiger partial charge in [0.25, 0.3) is 0 Å². The molecule has 0 saturated heterocycles. The van der Waals surface area contributed by atoms with Crippen molar-refractivity contribution in [1.82, 2.24) is 0 Å². The number of benzene rings is 9. The number of hydrogen-bond donors (Lipinski definition) is 0. The Bertz CT molecular complexity index is 2680. The van der Waals surface area contributed by atoms with E-state index in [0.29, 0.717) is 0 Å². The average Bonchev–Trinajstić information content (AvgIpc) is 3.17. The molecule has 1 heteroatoms. The molecule has 242 valence electrons. The van der Waals surface area contributed by atoms with Gasteiger partial charge < -0.3 is 4.90 Å². The Morgan fingerprint density at radius 2 is 0.706 bits per heavy atom. The van der Waals surface area contributed by atoms with Crippen LogP contribution in [0.15, 0.2) is 188 Å². The summed E-state index contributed by atoms with van der Waals surface area (Å²) in [6.07, 6.45) is 0. The minimum absolute atomic E-state index is 1.13. The molecular weight excluding hydrogens is 615 g/mol. The molecule has 0 N–H and O–H groups in total. The lowest BCUT2D eigenvalue weighted by molar-refractivity contribution is 1.26. The Morgan fingerprint density at radius 1 is 0.294 bits per heavy atom. The number of hydrogen-bond acceptors (Lipinski definition) is 1. The summed E-state index contributed by atoms with van der Waals surface area (Å²) in [6, 6.07) is 68.8. The van der Waals surface area contributed by atoms with Crippen molar-refractivity contribution in [3.8, 4) is 33.4 Å². The summed E-state index contributed by atoms with van der Waals surface area (Å²) >= 11 is 0. The maximum Gasteiger partial charge on any atom is 0.0467 e. The van der Waals surface area contributed by atoms with Gasteiger partial charge in [0, 0.05) is 17.1 Å². The molecule has 9 aromatic carbocycles. The molecule has 0 unspecified atom stereocenters. The van der Waals surface area contributed by atoms with E-state index >= 15 is 0 Å². The SMILES string of the molecule is Cc1cccc(N(c2cccc(C)c2)c2cccc(-c3cccc4cc5c(-c6cccc(-c7cccc8ccccc78)c6)cccc5cc34)c2)c1. The third-order valence-electron chi connectivity index (χ3n) is 10.1. The van der Waals surface area contributed by atoms with Gasteiger partial charge in [0.05, 0.1) is 0 Å². The van der Waals surface area contributed by atoms with Gasteiger partial charge in [-0.05, 0) is 145 Å². The second kappa shape index (κ2) is 12.8. The van der Waals surface area contributed by atoms with Crippen LogP contribution in [0, 0.1) is 13.8 Å². The lowest BCUT2D eigenvalue weighted by atomic mass is 9.91. The number of aryl methyl sites for hydroxylation is 2. The summed E-state index contributed by atoms with van der Waals surface area (Å²) in [4.78, 5) is 2.36. The van der Waals surface area contributed by atoms with Crippen molar-refractivity contribution in [2.24, 2.45) is 0 Å². The molecule has 0 saturated carbocycles. The fourth-order valence-corrected chi connectivity index (χ4v) is 7.68. The van der Waals surface area contributed by atoms with E-state index in [4.69, 9.17) is 0 Å². The fraction of sp³-hybridized carbons (Fsp3) is 0.0400. The number of fused-ring (bicyclic) bond motifs is 3. The largest absolute Gasteiger partial charge is 0.310 e. The molecule has 0 aliphatic heterocycles. The first-order valence-corrected chi connectivity index (χ1v) is 17.7. The summed E-state index contributed by atoms with van der Waals surface area (Å²) < 4.78 is 0. The van der Waals surface area contributed by atoms with E-state index in [-0.39, 0.29) is 0 Å². The van der Waals surface area contributed by atoms with Gasteiger partial charge in [-0.25, -0.2) is 0 Å². The zero-order valence-electron chi connectivity index (χ0n) is 28.8. The molecule has 0 atom stereocenters.